The van der Waals surface area contributed by atoms with Crippen LogP contribution in [0.3, 0.4) is 0 Å². The van der Waals surface area contributed by atoms with Gasteiger partial charge in [0.15, 0.2) is 0 Å². The number of nitrogens with one attached hydrogen (secondary N) is 2. The van der Waals surface area contributed by atoms with E-state index in [1.54, 1.807) is 26.0 Å². The van der Waals surface area contributed by atoms with Crippen molar-refractivity contribution in [2.24, 2.45) is 5.92 Å². The van der Waals surface area contributed by atoms with Gasteiger partial charge >= 0.3 is 0 Å². The molecule has 0 heterocycles. The molecular weight excluding hydrogens is 316 g/mol. The number of hydrogen-bond donors (Lipinski definition) is 3. The Morgan fingerprint density at radius 3 is 2.00 bits per heavy atom. The minimum Gasteiger partial charge on any atom is -0.388 e. The first-order valence-electron chi connectivity index (χ1n) is 8.76. The van der Waals surface area contributed by atoms with Crippen LogP contribution in [-0.4, -0.2) is 35.1 Å². The van der Waals surface area contributed by atoms with Crippen molar-refractivity contribution in [2.45, 2.75) is 65.5 Å². The first kappa shape index (κ1) is 21.2. The molecule has 0 bridgehead atoms. The molecule has 0 aromatic heterocycles. The van der Waals surface area contributed by atoms with E-state index in [2.05, 4.69) is 31.4 Å². The molecule has 2 atom stereocenters. The zero-order chi connectivity index (χ0) is 19.4. The Hall–Kier alpha value is -1.88. The number of carbonyl (C=O) groups excluding carboxylic acids is 2. The summed E-state index contributed by atoms with van der Waals surface area (Å²) in [6, 6.07) is 6.71. The van der Waals surface area contributed by atoms with E-state index in [1.165, 1.54) is 0 Å². The maximum absolute atomic E-state index is 12.3. The van der Waals surface area contributed by atoms with E-state index in [9.17, 15) is 14.7 Å². The highest BCUT2D eigenvalue weighted by Crippen LogP contribution is 2.22. The molecule has 0 aliphatic rings. The fraction of sp³-hybridized carbons (Fsp3) is 0.600. The standard InChI is InChI=1S/C20H32N2O3/c1-13(2)20(7,25)12-21-17(23)14(3)22-18(24)15-8-10-16(11-9-15)19(4,5)6/h8-11,13-14,25H,12H2,1-7H3,(H,21,23)(H,22,24). The summed E-state index contributed by atoms with van der Waals surface area (Å²) in [4.78, 5) is 24.4. The summed E-state index contributed by atoms with van der Waals surface area (Å²) in [6.07, 6.45) is 0. The minimum absolute atomic E-state index is 0.0130. The van der Waals surface area contributed by atoms with E-state index in [4.69, 9.17) is 0 Å². The van der Waals surface area contributed by atoms with Crippen LogP contribution in [0.4, 0.5) is 0 Å². The SMILES string of the molecule is CC(NC(=O)c1ccc(C(C)(C)C)cc1)C(=O)NCC(C)(O)C(C)C. The second-order valence-electron chi connectivity index (χ2n) is 8.25. The molecule has 5 heteroatoms. The van der Waals surface area contributed by atoms with Gasteiger partial charge < -0.3 is 15.7 Å². The van der Waals surface area contributed by atoms with Crippen LogP contribution in [0.25, 0.3) is 0 Å². The van der Waals surface area contributed by atoms with Crippen LogP contribution in [0.5, 0.6) is 0 Å². The quantitative estimate of drug-likeness (QED) is 0.739. The highest BCUT2D eigenvalue weighted by Gasteiger charge is 2.26. The van der Waals surface area contributed by atoms with Crippen molar-refractivity contribution in [3.63, 3.8) is 0 Å². The molecule has 0 saturated heterocycles. The third-order valence-electron chi connectivity index (χ3n) is 4.62. The molecule has 0 radical (unpaired) electrons. The van der Waals surface area contributed by atoms with Gasteiger partial charge in [-0.2, -0.15) is 0 Å². The Bertz CT molecular complexity index is 598. The van der Waals surface area contributed by atoms with Crippen molar-refractivity contribution in [2.75, 3.05) is 6.54 Å². The summed E-state index contributed by atoms with van der Waals surface area (Å²) in [5.41, 5.74) is 0.699. The van der Waals surface area contributed by atoms with Crippen LogP contribution in [0.2, 0.25) is 0 Å². The lowest BCUT2D eigenvalue weighted by atomic mass is 9.86. The van der Waals surface area contributed by atoms with Gasteiger partial charge in [-0.25, -0.2) is 0 Å². The molecule has 140 valence electrons. The maximum Gasteiger partial charge on any atom is 0.251 e. The molecule has 0 saturated carbocycles. The van der Waals surface area contributed by atoms with E-state index in [0.717, 1.165) is 5.56 Å². The molecule has 0 spiro atoms. The van der Waals surface area contributed by atoms with Gasteiger partial charge in [-0.05, 0) is 42.9 Å². The van der Waals surface area contributed by atoms with Crippen molar-refractivity contribution < 1.29 is 14.7 Å². The summed E-state index contributed by atoms with van der Waals surface area (Å²) >= 11 is 0. The Balaban J connectivity index is 2.63. The average Bonchev–Trinajstić information content (AvgIpc) is 2.51. The van der Waals surface area contributed by atoms with Crippen LogP contribution in [0.15, 0.2) is 24.3 Å². The lowest BCUT2D eigenvalue weighted by Gasteiger charge is -2.28. The van der Waals surface area contributed by atoms with Crippen molar-refractivity contribution in [3.8, 4) is 0 Å². The Morgan fingerprint density at radius 1 is 1.04 bits per heavy atom. The molecule has 25 heavy (non-hydrogen) atoms. The molecular formula is C20H32N2O3. The molecule has 1 aromatic carbocycles. The number of benzene rings is 1. The average molecular weight is 348 g/mol. The first-order valence-corrected chi connectivity index (χ1v) is 8.76. The van der Waals surface area contributed by atoms with Crippen molar-refractivity contribution >= 4 is 11.8 Å². The van der Waals surface area contributed by atoms with Crippen molar-refractivity contribution in [3.05, 3.63) is 35.4 Å². The summed E-state index contributed by atoms with van der Waals surface area (Å²) in [5, 5.41) is 15.5. The van der Waals surface area contributed by atoms with E-state index in [-0.39, 0.29) is 29.7 Å². The molecule has 0 aliphatic heterocycles. The molecule has 2 unspecified atom stereocenters. The number of carbonyl (C=O) groups is 2. The normalized spacial score (nSPS) is 15.4. The van der Waals surface area contributed by atoms with E-state index < -0.39 is 11.6 Å². The summed E-state index contributed by atoms with van der Waals surface area (Å²) in [7, 11) is 0. The van der Waals surface area contributed by atoms with E-state index in [1.807, 2.05) is 26.0 Å². The van der Waals surface area contributed by atoms with Gasteiger partial charge in [-0.1, -0.05) is 46.8 Å². The Morgan fingerprint density at radius 2 is 1.56 bits per heavy atom. The van der Waals surface area contributed by atoms with Crippen LogP contribution in [0, 0.1) is 5.92 Å². The summed E-state index contributed by atoms with van der Waals surface area (Å²) < 4.78 is 0. The Labute approximate surface area is 151 Å². The van der Waals surface area contributed by atoms with Crippen LogP contribution >= 0.6 is 0 Å². The summed E-state index contributed by atoms with van der Waals surface area (Å²) in [5.74, 6) is -0.599. The molecule has 2 amide bonds. The van der Waals surface area contributed by atoms with Gasteiger partial charge in [0.2, 0.25) is 5.91 Å². The van der Waals surface area contributed by atoms with Crippen LogP contribution < -0.4 is 10.6 Å². The lowest BCUT2D eigenvalue weighted by Crippen LogP contribution is -2.50. The fourth-order valence-corrected chi connectivity index (χ4v) is 2.09. The number of hydrogen-bond acceptors (Lipinski definition) is 3. The third-order valence-corrected chi connectivity index (χ3v) is 4.62. The highest BCUT2D eigenvalue weighted by molar-refractivity contribution is 5.97. The van der Waals surface area contributed by atoms with Gasteiger partial charge in [0, 0.05) is 12.1 Å². The third kappa shape index (κ3) is 6.16. The molecule has 1 aromatic rings. The monoisotopic (exact) mass is 348 g/mol. The minimum atomic E-state index is -0.984. The Kier molecular flexibility index (Phi) is 6.77. The largest absolute Gasteiger partial charge is 0.388 e. The maximum atomic E-state index is 12.3. The fourth-order valence-electron chi connectivity index (χ4n) is 2.09. The van der Waals surface area contributed by atoms with Gasteiger partial charge in [0.25, 0.3) is 5.91 Å². The zero-order valence-electron chi connectivity index (χ0n) is 16.4. The van der Waals surface area contributed by atoms with Gasteiger partial charge in [0.05, 0.1) is 5.60 Å². The number of aliphatic hydroxyl groups is 1. The highest BCUT2D eigenvalue weighted by atomic mass is 16.3. The first-order chi connectivity index (χ1) is 11.3. The van der Waals surface area contributed by atoms with Crippen molar-refractivity contribution in [1.29, 1.82) is 0 Å². The van der Waals surface area contributed by atoms with E-state index in [0.29, 0.717) is 5.56 Å². The molecule has 5 nitrogen and oxygen atoms in total. The second kappa shape index (κ2) is 8.00. The van der Waals surface area contributed by atoms with Crippen LogP contribution in [0.1, 0.15) is 64.4 Å². The smallest absolute Gasteiger partial charge is 0.251 e. The number of rotatable bonds is 6. The van der Waals surface area contributed by atoms with Crippen molar-refractivity contribution in [1.82, 2.24) is 10.6 Å². The van der Waals surface area contributed by atoms with Crippen LogP contribution in [-0.2, 0) is 10.2 Å². The second-order valence-corrected chi connectivity index (χ2v) is 8.25. The molecule has 0 aliphatic carbocycles. The van der Waals surface area contributed by atoms with Gasteiger partial charge in [0.1, 0.15) is 6.04 Å². The van der Waals surface area contributed by atoms with Gasteiger partial charge in [-0.15, -0.1) is 0 Å². The molecule has 3 N–H and O–H groups in total. The van der Waals surface area contributed by atoms with Gasteiger partial charge in [-0.3, -0.25) is 9.59 Å². The molecule has 1 rings (SSSR count). The zero-order valence-corrected chi connectivity index (χ0v) is 16.4. The summed E-state index contributed by atoms with van der Waals surface area (Å²) in [6.45, 7) is 13.6. The lowest BCUT2D eigenvalue weighted by molar-refractivity contribution is -0.124. The van der Waals surface area contributed by atoms with E-state index >= 15 is 0 Å². The number of amides is 2. The predicted molar refractivity (Wildman–Crippen MR) is 101 cm³/mol. The topological polar surface area (TPSA) is 78.4 Å². The molecule has 0 fully saturated rings. The predicted octanol–water partition coefficient (Wildman–Crippen LogP) is 2.63.